The highest BCUT2D eigenvalue weighted by Crippen LogP contribution is 2.41. The number of aromatic nitrogens is 2. The van der Waals surface area contributed by atoms with Crippen LogP contribution in [0, 0.1) is 24.2 Å². The number of nitriles is 1. The summed E-state index contributed by atoms with van der Waals surface area (Å²) in [5, 5.41) is 10.2. The molecular formula is C24H27N5OS. The summed E-state index contributed by atoms with van der Waals surface area (Å²) in [5.74, 6) is 3.53. The third-order valence-corrected chi connectivity index (χ3v) is 7.99. The number of pyridine rings is 1. The highest BCUT2D eigenvalue weighted by Gasteiger charge is 2.31. The van der Waals surface area contributed by atoms with E-state index in [9.17, 15) is 10.1 Å². The zero-order chi connectivity index (χ0) is 21.5. The molecule has 0 saturated carbocycles. The lowest BCUT2D eigenvalue weighted by molar-refractivity contribution is -0.122. The van der Waals surface area contributed by atoms with Gasteiger partial charge in [-0.2, -0.15) is 17.0 Å². The molecule has 2 aliphatic heterocycles. The Bertz CT molecular complexity index is 1200. The molecule has 2 saturated heterocycles. The molecule has 5 rings (SSSR count). The van der Waals surface area contributed by atoms with Gasteiger partial charge >= 0.3 is 0 Å². The number of anilines is 1. The topological polar surface area (TPSA) is 87.4 Å². The molecule has 1 amide bonds. The first-order valence-corrected chi connectivity index (χ1v) is 12.2. The van der Waals surface area contributed by atoms with E-state index in [-0.39, 0.29) is 11.8 Å². The van der Waals surface area contributed by atoms with Crippen molar-refractivity contribution in [2.45, 2.75) is 38.5 Å². The van der Waals surface area contributed by atoms with Gasteiger partial charge in [-0.15, -0.1) is 0 Å². The van der Waals surface area contributed by atoms with Crippen molar-refractivity contribution in [1.82, 2.24) is 9.38 Å². The fourth-order valence-electron chi connectivity index (χ4n) is 5.37. The Kier molecular flexibility index (Phi) is 5.27. The summed E-state index contributed by atoms with van der Waals surface area (Å²) in [6.45, 7) is 3.73. The molecule has 0 atom stereocenters. The van der Waals surface area contributed by atoms with Crippen molar-refractivity contribution in [3.8, 4) is 6.07 Å². The maximum atomic E-state index is 11.7. The van der Waals surface area contributed by atoms with Crippen molar-refractivity contribution in [1.29, 1.82) is 5.26 Å². The Morgan fingerprint density at radius 3 is 2.58 bits per heavy atom. The zero-order valence-electron chi connectivity index (χ0n) is 17.8. The molecule has 4 heterocycles. The van der Waals surface area contributed by atoms with Crippen molar-refractivity contribution in [3.63, 3.8) is 0 Å². The van der Waals surface area contributed by atoms with Crippen molar-refractivity contribution < 1.29 is 4.79 Å². The molecule has 0 spiro atoms. The number of para-hydroxylation sites is 2. The van der Waals surface area contributed by atoms with E-state index in [2.05, 4.69) is 28.4 Å². The van der Waals surface area contributed by atoms with E-state index in [1.54, 1.807) is 0 Å². The van der Waals surface area contributed by atoms with Crippen LogP contribution in [0.1, 0.15) is 48.3 Å². The van der Waals surface area contributed by atoms with Gasteiger partial charge in [0.1, 0.15) is 11.9 Å². The first-order valence-electron chi connectivity index (χ1n) is 11.1. The molecule has 7 heteroatoms. The molecule has 0 aliphatic carbocycles. The first-order chi connectivity index (χ1) is 15.1. The average Bonchev–Trinajstić information content (AvgIpc) is 3.18. The number of thioether (sulfide) groups is 1. The second kappa shape index (κ2) is 8.08. The van der Waals surface area contributed by atoms with Crippen LogP contribution in [0.25, 0.3) is 16.7 Å². The van der Waals surface area contributed by atoms with Crippen molar-refractivity contribution in [2.75, 3.05) is 29.5 Å². The standard InChI is InChI=1S/C24H27N5OS/c1-15-21(16-8-12-31-13-9-16)18(14-25)23-27-19-4-2-3-5-20(19)29(23)24(15)28-10-6-17(7-11-28)22(26)30/h2-5,16-17H,6-13H2,1H3,(H2,26,30). The van der Waals surface area contributed by atoms with E-state index in [1.807, 2.05) is 30.0 Å². The molecule has 2 aliphatic rings. The molecule has 2 fully saturated rings. The molecule has 160 valence electrons. The van der Waals surface area contributed by atoms with Gasteiger partial charge in [0.2, 0.25) is 5.91 Å². The molecule has 3 aromatic rings. The molecule has 0 unspecified atom stereocenters. The second-order valence-corrected chi connectivity index (χ2v) is 9.88. The summed E-state index contributed by atoms with van der Waals surface area (Å²) in [6.07, 6.45) is 3.72. The van der Waals surface area contributed by atoms with Crippen LogP contribution in [0.4, 0.5) is 5.82 Å². The van der Waals surface area contributed by atoms with E-state index in [0.717, 1.165) is 78.3 Å². The number of hydrogen-bond acceptors (Lipinski definition) is 5. The predicted molar refractivity (Wildman–Crippen MR) is 126 cm³/mol. The minimum Gasteiger partial charge on any atom is -0.369 e. The Morgan fingerprint density at radius 1 is 1.19 bits per heavy atom. The number of carbonyl (C=O) groups is 1. The summed E-state index contributed by atoms with van der Waals surface area (Å²) in [7, 11) is 0. The number of nitrogens with two attached hydrogens (primary N) is 1. The number of carbonyl (C=O) groups excluding carboxylic acids is 1. The smallest absolute Gasteiger partial charge is 0.220 e. The Morgan fingerprint density at radius 2 is 1.90 bits per heavy atom. The van der Waals surface area contributed by atoms with Crippen LogP contribution in [0.2, 0.25) is 0 Å². The summed E-state index contributed by atoms with van der Waals surface area (Å²) < 4.78 is 2.18. The highest BCUT2D eigenvalue weighted by molar-refractivity contribution is 7.99. The normalized spacial score (nSPS) is 18.5. The quantitative estimate of drug-likeness (QED) is 0.675. The van der Waals surface area contributed by atoms with Crippen molar-refractivity contribution >= 4 is 40.2 Å². The van der Waals surface area contributed by atoms with E-state index in [4.69, 9.17) is 10.7 Å². The van der Waals surface area contributed by atoms with Crippen LogP contribution in [0.3, 0.4) is 0 Å². The van der Waals surface area contributed by atoms with Gasteiger partial charge in [0.15, 0.2) is 5.65 Å². The van der Waals surface area contributed by atoms with Gasteiger partial charge < -0.3 is 10.6 Å². The monoisotopic (exact) mass is 433 g/mol. The molecular weight excluding hydrogens is 406 g/mol. The first kappa shape index (κ1) is 20.2. The summed E-state index contributed by atoms with van der Waals surface area (Å²) in [6, 6.07) is 10.6. The van der Waals surface area contributed by atoms with E-state index in [1.165, 1.54) is 11.1 Å². The zero-order valence-corrected chi connectivity index (χ0v) is 18.6. The fraction of sp³-hybridized carbons (Fsp3) is 0.458. The molecule has 6 nitrogen and oxygen atoms in total. The Labute approximate surface area is 186 Å². The minimum atomic E-state index is -0.199. The number of primary amides is 1. The molecule has 31 heavy (non-hydrogen) atoms. The van der Waals surface area contributed by atoms with Crippen LogP contribution in [0.5, 0.6) is 0 Å². The third kappa shape index (κ3) is 3.34. The molecule has 1 aromatic carbocycles. The van der Waals surface area contributed by atoms with E-state index >= 15 is 0 Å². The molecule has 2 aromatic heterocycles. The largest absolute Gasteiger partial charge is 0.369 e. The number of rotatable bonds is 3. The van der Waals surface area contributed by atoms with Crippen LogP contribution >= 0.6 is 11.8 Å². The van der Waals surface area contributed by atoms with Crippen molar-refractivity contribution in [3.05, 3.63) is 41.0 Å². The van der Waals surface area contributed by atoms with Gasteiger partial charge in [-0.1, -0.05) is 12.1 Å². The summed E-state index contributed by atoms with van der Waals surface area (Å²) in [4.78, 5) is 19.0. The van der Waals surface area contributed by atoms with Gasteiger partial charge in [-0.05, 0) is 73.3 Å². The summed E-state index contributed by atoms with van der Waals surface area (Å²) in [5.41, 5.74) is 11.3. The van der Waals surface area contributed by atoms with Crippen molar-refractivity contribution in [2.24, 2.45) is 11.7 Å². The number of amides is 1. The lowest BCUT2D eigenvalue weighted by Gasteiger charge is -2.35. The number of fused-ring (bicyclic) bond motifs is 3. The number of hydrogen-bond donors (Lipinski definition) is 1. The predicted octanol–water partition coefficient (Wildman–Crippen LogP) is 3.98. The lowest BCUT2D eigenvalue weighted by Crippen LogP contribution is -2.40. The molecule has 0 bridgehead atoms. The van der Waals surface area contributed by atoms with Gasteiger partial charge in [0.25, 0.3) is 0 Å². The summed E-state index contributed by atoms with van der Waals surface area (Å²) >= 11 is 2.00. The average molecular weight is 434 g/mol. The Balaban J connectivity index is 1.75. The Hall–Kier alpha value is -2.72. The SMILES string of the molecule is Cc1c(C2CCSCC2)c(C#N)c2nc3ccccc3n2c1N1CCC(C(N)=O)CC1. The van der Waals surface area contributed by atoms with Gasteiger partial charge in [-0.3, -0.25) is 9.20 Å². The second-order valence-electron chi connectivity index (χ2n) is 8.66. The van der Waals surface area contributed by atoms with Gasteiger partial charge in [0, 0.05) is 19.0 Å². The van der Waals surface area contributed by atoms with E-state index in [0.29, 0.717) is 5.92 Å². The maximum Gasteiger partial charge on any atom is 0.220 e. The van der Waals surface area contributed by atoms with E-state index < -0.39 is 0 Å². The van der Waals surface area contributed by atoms with Gasteiger partial charge in [0.05, 0.1) is 16.6 Å². The van der Waals surface area contributed by atoms with Crippen LogP contribution in [-0.2, 0) is 4.79 Å². The van der Waals surface area contributed by atoms with Crippen LogP contribution in [-0.4, -0.2) is 39.9 Å². The number of piperidine rings is 1. The highest BCUT2D eigenvalue weighted by atomic mass is 32.2. The van der Waals surface area contributed by atoms with Crippen LogP contribution in [0.15, 0.2) is 24.3 Å². The lowest BCUT2D eigenvalue weighted by atomic mass is 9.86. The van der Waals surface area contributed by atoms with Crippen LogP contribution < -0.4 is 10.6 Å². The van der Waals surface area contributed by atoms with Gasteiger partial charge in [-0.25, -0.2) is 4.98 Å². The molecule has 2 N–H and O–H groups in total. The molecule has 0 radical (unpaired) electrons. The third-order valence-electron chi connectivity index (χ3n) is 6.94. The minimum absolute atomic E-state index is 0.0557. The maximum absolute atomic E-state index is 11.7. The fourth-order valence-corrected chi connectivity index (χ4v) is 6.47. The number of benzene rings is 1. The number of nitrogens with zero attached hydrogens (tertiary/aromatic N) is 4. The number of imidazole rings is 1.